The van der Waals surface area contributed by atoms with E-state index in [0.717, 1.165) is 16.9 Å². The topological polar surface area (TPSA) is 63.2 Å². The molecule has 22 heavy (non-hydrogen) atoms. The number of carbonyl (C=O) groups is 1. The number of hydrogen-bond acceptors (Lipinski definition) is 4. The summed E-state index contributed by atoms with van der Waals surface area (Å²) in [6.45, 7) is 5.33. The van der Waals surface area contributed by atoms with E-state index < -0.39 is 0 Å². The van der Waals surface area contributed by atoms with Gasteiger partial charge in [0.1, 0.15) is 0 Å². The molecule has 2 N–H and O–H groups in total. The average Bonchev–Trinajstić information content (AvgIpc) is 2.51. The summed E-state index contributed by atoms with van der Waals surface area (Å²) >= 11 is 0. The van der Waals surface area contributed by atoms with Crippen LogP contribution in [0.3, 0.4) is 0 Å². The highest BCUT2D eigenvalue weighted by atomic mass is 16.5. The minimum atomic E-state index is -0.175. The average molecular weight is 299 g/mol. The van der Waals surface area contributed by atoms with E-state index in [2.05, 4.69) is 15.6 Å². The summed E-state index contributed by atoms with van der Waals surface area (Å²) in [5, 5.41) is 6.04. The van der Waals surface area contributed by atoms with Crippen LogP contribution >= 0.6 is 0 Å². The van der Waals surface area contributed by atoms with Gasteiger partial charge in [0.15, 0.2) is 0 Å². The van der Waals surface area contributed by atoms with Gasteiger partial charge in [0.05, 0.1) is 17.9 Å². The Morgan fingerprint density at radius 1 is 1.14 bits per heavy atom. The lowest BCUT2D eigenvalue weighted by molar-refractivity contribution is 0.102. The molecule has 0 unspecified atom stereocenters. The Labute approximate surface area is 130 Å². The number of pyridine rings is 1. The van der Waals surface area contributed by atoms with Gasteiger partial charge in [-0.3, -0.25) is 9.78 Å². The third kappa shape index (κ3) is 4.30. The van der Waals surface area contributed by atoms with E-state index in [1.807, 2.05) is 32.0 Å². The molecule has 5 nitrogen and oxygen atoms in total. The molecule has 1 amide bonds. The van der Waals surface area contributed by atoms with Crippen molar-refractivity contribution in [3.63, 3.8) is 0 Å². The van der Waals surface area contributed by atoms with E-state index in [4.69, 9.17) is 4.74 Å². The van der Waals surface area contributed by atoms with Crippen LogP contribution in [0, 0.1) is 13.8 Å². The van der Waals surface area contributed by atoms with Gasteiger partial charge in [-0.1, -0.05) is 6.07 Å². The summed E-state index contributed by atoms with van der Waals surface area (Å²) in [5.41, 5.74) is 4.44. The van der Waals surface area contributed by atoms with Gasteiger partial charge in [-0.15, -0.1) is 0 Å². The summed E-state index contributed by atoms with van der Waals surface area (Å²) < 4.78 is 4.98. The Hall–Kier alpha value is -2.40. The van der Waals surface area contributed by atoms with Crippen molar-refractivity contribution in [2.75, 3.05) is 30.9 Å². The summed E-state index contributed by atoms with van der Waals surface area (Å²) in [6.07, 6.45) is 3.24. The number of aromatic nitrogens is 1. The number of amides is 1. The van der Waals surface area contributed by atoms with Crippen LogP contribution in [0.4, 0.5) is 11.4 Å². The molecule has 0 aliphatic rings. The minimum absolute atomic E-state index is 0.175. The lowest BCUT2D eigenvalue weighted by Gasteiger charge is -2.09. The fraction of sp³-hybridized carbons (Fsp3) is 0.294. The standard InChI is InChI=1S/C17H21N3O2/c1-12-4-5-15(8-13(12)2)20-17(21)14-9-16(11-18-10-14)19-6-7-22-3/h4-5,8-11,19H,6-7H2,1-3H3,(H,20,21). The fourth-order valence-corrected chi connectivity index (χ4v) is 1.98. The smallest absolute Gasteiger partial charge is 0.257 e. The van der Waals surface area contributed by atoms with Crippen molar-refractivity contribution in [3.8, 4) is 0 Å². The van der Waals surface area contributed by atoms with Crippen LogP contribution in [-0.4, -0.2) is 31.2 Å². The molecule has 0 aliphatic heterocycles. The summed E-state index contributed by atoms with van der Waals surface area (Å²) in [4.78, 5) is 16.4. The van der Waals surface area contributed by atoms with Crippen molar-refractivity contribution < 1.29 is 9.53 Å². The maximum atomic E-state index is 12.3. The molecule has 0 fully saturated rings. The molecular weight excluding hydrogens is 278 g/mol. The highest BCUT2D eigenvalue weighted by Crippen LogP contribution is 2.16. The molecule has 1 heterocycles. The van der Waals surface area contributed by atoms with Gasteiger partial charge in [0.2, 0.25) is 0 Å². The molecule has 0 saturated carbocycles. The first-order valence-corrected chi connectivity index (χ1v) is 7.16. The summed E-state index contributed by atoms with van der Waals surface area (Å²) in [7, 11) is 1.65. The van der Waals surface area contributed by atoms with Crippen LogP contribution in [0.1, 0.15) is 21.5 Å². The van der Waals surface area contributed by atoms with Crippen LogP contribution in [0.5, 0.6) is 0 Å². The van der Waals surface area contributed by atoms with Gasteiger partial charge in [-0.05, 0) is 43.2 Å². The lowest BCUT2D eigenvalue weighted by atomic mass is 10.1. The molecule has 0 saturated heterocycles. The number of anilines is 2. The number of carbonyl (C=O) groups excluding carboxylic acids is 1. The van der Waals surface area contributed by atoms with Crippen LogP contribution in [0.2, 0.25) is 0 Å². The molecule has 2 rings (SSSR count). The first-order chi connectivity index (χ1) is 10.6. The predicted octanol–water partition coefficient (Wildman–Crippen LogP) is 3.01. The molecule has 1 aromatic heterocycles. The number of rotatable bonds is 6. The summed E-state index contributed by atoms with van der Waals surface area (Å²) in [6, 6.07) is 7.63. The van der Waals surface area contributed by atoms with Crippen LogP contribution < -0.4 is 10.6 Å². The Morgan fingerprint density at radius 2 is 1.95 bits per heavy atom. The normalized spacial score (nSPS) is 10.3. The predicted molar refractivity (Wildman–Crippen MR) is 88.5 cm³/mol. The zero-order chi connectivity index (χ0) is 15.9. The van der Waals surface area contributed by atoms with E-state index in [9.17, 15) is 4.79 Å². The van der Waals surface area contributed by atoms with Crippen LogP contribution in [0.25, 0.3) is 0 Å². The second-order valence-corrected chi connectivity index (χ2v) is 5.14. The first kappa shape index (κ1) is 16.0. The van der Waals surface area contributed by atoms with Crippen molar-refractivity contribution in [1.29, 1.82) is 0 Å². The van der Waals surface area contributed by atoms with Gasteiger partial charge in [0, 0.05) is 31.7 Å². The molecule has 0 aliphatic carbocycles. The van der Waals surface area contributed by atoms with Crippen molar-refractivity contribution in [2.24, 2.45) is 0 Å². The first-order valence-electron chi connectivity index (χ1n) is 7.16. The lowest BCUT2D eigenvalue weighted by Crippen LogP contribution is -2.14. The minimum Gasteiger partial charge on any atom is -0.383 e. The third-order valence-electron chi connectivity index (χ3n) is 3.40. The SMILES string of the molecule is COCCNc1cncc(C(=O)Nc2ccc(C)c(C)c2)c1. The maximum Gasteiger partial charge on any atom is 0.257 e. The largest absolute Gasteiger partial charge is 0.383 e. The molecule has 116 valence electrons. The second kappa shape index (κ2) is 7.56. The van der Waals surface area contributed by atoms with Gasteiger partial charge in [-0.2, -0.15) is 0 Å². The van der Waals surface area contributed by atoms with E-state index in [1.165, 1.54) is 5.56 Å². The highest BCUT2D eigenvalue weighted by Gasteiger charge is 2.08. The zero-order valence-electron chi connectivity index (χ0n) is 13.1. The van der Waals surface area contributed by atoms with Gasteiger partial charge >= 0.3 is 0 Å². The molecule has 0 spiro atoms. The monoisotopic (exact) mass is 299 g/mol. The highest BCUT2D eigenvalue weighted by molar-refractivity contribution is 6.04. The molecule has 5 heteroatoms. The second-order valence-electron chi connectivity index (χ2n) is 5.14. The number of hydrogen-bond donors (Lipinski definition) is 2. The Balaban J connectivity index is 2.05. The Bertz CT molecular complexity index is 656. The van der Waals surface area contributed by atoms with Gasteiger partial charge < -0.3 is 15.4 Å². The molecule has 2 aromatic rings. The van der Waals surface area contributed by atoms with Crippen molar-refractivity contribution in [1.82, 2.24) is 4.98 Å². The van der Waals surface area contributed by atoms with Crippen molar-refractivity contribution >= 4 is 17.3 Å². The van der Waals surface area contributed by atoms with E-state index in [-0.39, 0.29) is 5.91 Å². The fourth-order valence-electron chi connectivity index (χ4n) is 1.98. The molecule has 0 bridgehead atoms. The molecule has 1 aromatic carbocycles. The van der Waals surface area contributed by atoms with Gasteiger partial charge in [-0.25, -0.2) is 0 Å². The summed E-state index contributed by atoms with van der Waals surface area (Å²) in [5.74, 6) is -0.175. The molecule has 0 radical (unpaired) electrons. The van der Waals surface area contributed by atoms with Crippen LogP contribution in [0.15, 0.2) is 36.7 Å². The molecular formula is C17H21N3O2. The number of benzene rings is 1. The molecule has 0 atom stereocenters. The number of nitrogens with zero attached hydrogens (tertiary/aromatic N) is 1. The van der Waals surface area contributed by atoms with E-state index in [1.54, 1.807) is 25.6 Å². The Morgan fingerprint density at radius 3 is 2.68 bits per heavy atom. The van der Waals surface area contributed by atoms with Crippen LogP contribution in [-0.2, 0) is 4.74 Å². The van der Waals surface area contributed by atoms with Crippen molar-refractivity contribution in [2.45, 2.75) is 13.8 Å². The number of aryl methyl sites for hydroxylation is 2. The third-order valence-corrected chi connectivity index (χ3v) is 3.40. The van der Waals surface area contributed by atoms with Crippen molar-refractivity contribution in [3.05, 3.63) is 53.3 Å². The van der Waals surface area contributed by atoms with E-state index in [0.29, 0.717) is 18.7 Å². The number of ether oxygens (including phenoxy) is 1. The number of nitrogens with one attached hydrogen (secondary N) is 2. The van der Waals surface area contributed by atoms with E-state index >= 15 is 0 Å². The maximum absolute atomic E-state index is 12.3. The number of methoxy groups -OCH3 is 1. The quantitative estimate of drug-likeness (QED) is 0.805. The Kier molecular flexibility index (Phi) is 5.49. The zero-order valence-corrected chi connectivity index (χ0v) is 13.1. The van der Waals surface area contributed by atoms with Gasteiger partial charge in [0.25, 0.3) is 5.91 Å².